The number of aromatic nitrogens is 3. The Bertz CT molecular complexity index is 393. The van der Waals surface area contributed by atoms with Crippen LogP contribution in [0.2, 0.25) is 0 Å². The van der Waals surface area contributed by atoms with E-state index in [9.17, 15) is 0 Å². The summed E-state index contributed by atoms with van der Waals surface area (Å²) in [5, 5.41) is 1.09. The van der Waals surface area contributed by atoms with E-state index < -0.39 is 0 Å². The summed E-state index contributed by atoms with van der Waals surface area (Å²) >= 11 is 2.21. The first-order valence-electron chi connectivity index (χ1n) is 3.24. The highest BCUT2D eigenvalue weighted by Crippen LogP contribution is 2.15. The number of aryl methyl sites for hydroxylation is 1. The van der Waals surface area contributed by atoms with Gasteiger partial charge in [-0.1, -0.05) is 0 Å². The first-order valence-corrected chi connectivity index (χ1v) is 4.32. The van der Waals surface area contributed by atoms with Crippen LogP contribution in [-0.4, -0.2) is 15.0 Å². The summed E-state index contributed by atoms with van der Waals surface area (Å²) in [7, 11) is 0. The van der Waals surface area contributed by atoms with Crippen molar-refractivity contribution in [3.05, 3.63) is 21.8 Å². The molecule has 2 rings (SSSR count). The van der Waals surface area contributed by atoms with Crippen molar-refractivity contribution in [1.29, 1.82) is 0 Å². The Morgan fingerprint density at radius 2 is 2.27 bits per heavy atom. The van der Waals surface area contributed by atoms with Crippen LogP contribution in [0.25, 0.3) is 11.0 Å². The van der Waals surface area contributed by atoms with Gasteiger partial charge < -0.3 is 4.98 Å². The van der Waals surface area contributed by atoms with Crippen LogP contribution in [0.4, 0.5) is 0 Å². The van der Waals surface area contributed by atoms with Crippen molar-refractivity contribution in [2.45, 2.75) is 6.92 Å². The zero-order valence-corrected chi connectivity index (χ0v) is 8.08. The molecule has 0 saturated carbocycles. The molecule has 0 aliphatic carbocycles. The van der Waals surface area contributed by atoms with Crippen LogP contribution in [0, 0.1) is 10.6 Å². The lowest BCUT2D eigenvalue weighted by atomic mass is 10.4. The molecule has 1 N–H and O–H groups in total. The third kappa shape index (κ3) is 1.11. The van der Waals surface area contributed by atoms with E-state index >= 15 is 0 Å². The summed E-state index contributed by atoms with van der Waals surface area (Å²) in [6.07, 6.45) is 1.88. The van der Waals surface area contributed by atoms with E-state index in [1.54, 1.807) is 0 Å². The minimum Gasteiger partial charge on any atom is -0.346 e. The second-order valence-corrected chi connectivity index (χ2v) is 3.32. The van der Waals surface area contributed by atoms with E-state index in [0.29, 0.717) is 0 Å². The Kier molecular flexibility index (Phi) is 1.56. The van der Waals surface area contributed by atoms with E-state index in [0.717, 1.165) is 20.6 Å². The number of aromatic amines is 1. The fourth-order valence-corrected chi connectivity index (χ4v) is 1.79. The molecule has 2 aromatic heterocycles. The molecule has 0 aliphatic rings. The molecular weight excluding hydrogens is 253 g/mol. The van der Waals surface area contributed by atoms with Crippen molar-refractivity contribution in [3.8, 4) is 0 Å². The van der Waals surface area contributed by atoms with E-state index in [1.807, 2.05) is 19.2 Å². The normalized spacial score (nSPS) is 10.7. The molecule has 0 saturated heterocycles. The second kappa shape index (κ2) is 2.44. The fourth-order valence-electron chi connectivity index (χ4n) is 1.01. The summed E-state index contributed by atoms with van der Waals surface area (Å²) in [4.78, 5) is 11.5. The summed E-state index contributed by atoms with van der Waals surface area (Å²) < 4.78 is 1.01. The molecule has 0 spiro atoms. The van der Waals surface area contributed by atoms with Crippen LogP contribution in [0.15, 0.2) is 12.3 Å². The molecule has 2 aromatic rings. The van der Waals surface area contributed by atoms with Crippen molar-refractivity contribution in [1.82, 2.24) is 15.0 Å². The van der Waals surface area contributed by atoms with Gasteiger partial charge in [0.05, 0.1) is 5.39 Å². The molecule has 0 fully saturated rings. The maximum Gasteiger partial charge on any atom is 0.142 e. The lowest BCUT2D eigenvalue weighted by molar-refractivity contribution is 1.06. The van der Waals surface area contributed by atoms with Crippen LogP contribution in [0.1, 0.15) is 5.82 Å². The number of rotatable bonds is 0. The average Bonchev–Trinajstić information content (AvgIpc) is 2.34. The van der Waals surface area contributed by atoms with Gasteiger partial charge in [0.2, 0.25) is 0 Å². The quantitative estimate of drug-likeness (QED) is 0.579. The summed E-state index contributed by atoms with van der Waals surface area (Å²) in [5.74, 6) is 0.810. The van der Waals surface area contributed by atoms with E-state index in [2.05, 4.69) is 37.5 Å². The van der Waals surface area contributed by atoms with Crippen molar-refractivity contribution < 1.29 is 0 Å². The van der Waals surface area contributed by atoms with Crippen LogP contribution in [-0.2, 0) is 0 Å². The summed E-state index contributed by atoms with van der Waals surface area (Å²) in [6.45, 7) is 1.89. The van der Waals surface area contributed by atoms with Crippen LogP contribution in [0.5, 0.6) is 0 Å². The molecule has 0 unspecified atom stereocenters. The number of H-pyrrole nitrogens is 1. The first kappa shape index (κ1) is 7.02. The number of nitrogens with zero attached hydrogens (tertiary/aromatic N) is 2. The van der Waals surface area contributed by atoms with Crippen molar-refractivity contribution in [2.24, 2.45) is 0 Å². The van der Waals surface area contributed by atoms with Gasteiger partial charge in [-0.05, 0) is 35.6 Å². The highest BCUT2D eigenvalue weighted by Gasteiger charge is 2.01. The Labute approximate surface area is 77.4 Å². The van der Waals surface area contributed by atoms with E-state index in [4.69, 9.17) is 0 Å². The van der Waals surface area contributed by atoms with Gasteiger partial charge in [-0.2, -0.15) is 0 Å². The fraction of sp³-hybridized carbons (Fsp3) is 0.143. The molecule has 0 radical (unpaired) electrons. The highest BCUT2D eigenvalue weighted by atomic mass is 127. The molecular formula is C7H6IN3. The van der Waals surface area contributed by atoms with E-state index in [-0.39, 0.29) is 0 Å². The number of halogens is 1. The average molecular weight is 259 g/mol. The Hall–Kier alpha value is -0.650. The minimum atomic E-state index is 0.810. The Morgan fingerprint density at radius 3 is 3.09 bits per heavy atom. The maximum absolute atomic E-state index is 4.23. The molecule has 0 bridgehead atoms. The van der Waals surface area contributed by atoms with Crippen molar-refractivity contribution in [3.63, 3.8) is 0 Å². The van der Waals surface area contributed by atoms with Gasteiger partial charge in [0, 0.05) is 6.20 Å². The summed E-state index contributed by atoms with van der Waals surface area (Å²) in [5.41, 5.74) is 0.918. The zero-order valence-electron chi connectivity index (χ0n) is 5.93. The number of nitrogens with one attached hydrogen (secondary N) is 1. The van der Waals surface area contributed by atoms with Crippen molar-refractivity contribution >= 4 is 33.6 Å². The highest BCUT2D eigenvalue weighted by molar-refractivity contribution is 14.1. The van der Waals surface area contributed by atoms with Gasteiger partial charge >= 0.3 is 0 Å². The first-order chi connectivity index (χ1) is 5.27. The lowest BCUT2D eigenvalue weighted by Crippen LogP contribution is -1.90. The monoisotopic (exact) mass is 259 g/mol. The second-order valence-electron chi connectivity index (χ2n) is 2.30. The number of hydrogen-bond donors (Lipinski definition) is 1. The largest absolute Gasteiger partial charge is 0.346 e. The molecule has 2 heterocycles. The van der Waals surface area contributed by atoms with Gasteiger partial charge in [0.15, 0.2) is 0 Å². The lowest BCUT2D eigenvalue weighted by Gasteiger charge is -1.94. The smallest absolute Gasteiger partial charge is 0.142 e. The molecule has 0 aromatic carbocycles. The molecule has 0 aliphatic heterocycles. The molecule has 11 heavy (non-hydrogen) atoms. The standard InChI is InChI=1S/C7H6IN3/c1-4-10-6(8)5-2-3-9-7(5)11-4/h2-3H,1H3,(H,9,10,11). The Balaban J connectivity index is 2.91. The van der Waals surface area contributed by atoms with Gasteiger partial charge in [0.25, 0.3) is 0 Å². The predicted molar refractivity (Wildman–Crippen MR) is 51.3 cm³/mol. The molecule has 0 atom stereocenters. The zero-order chi connectivity index (χ0) is 7.84. The number of fused-ring (bicyclic) bond motifs is 1. The molecule has 56 valence electrons. The van der Waals surface area contributed by atoms with Crippen LogP contribution >= 0.6 is 22.6 Å². The molecule has 3 nitrogen and oxygen atoms in total. The van der Waals surface area contributed by atoms with Crippen LogP contribution < -0.4 is 0 Å². The van der Waals surface area contributed by atoms with Crippen molar-refractivity contribution in [2.75, 3.05) is 0 Å². The Morgan fingerprint density at radius 1 is 1.45 bits per heavy atom. The van der Waals surface area contributed by atoms with Gasteiger partial charge in [-0.15, -0.1) is 0 Å². The predicted octanol–water partition coefficient (Wildman–Crippen LogP) is 1.87. The van der Waals surface area contributed by atoms with Gasteiger partial charge in [0.1, 0.15) is 15.2 Å². The minimum absolute atomic E-state index is 0.810. The maximum atomic E-state index is 4.23. The number of hydrogen-bond acceptors (Lipinski definition) is 2. The third-order valence-corrected chi connectivity index (χ3v) is 2.30. The van der Waals surface area contributed by atoms with Gasteiger partial charge in [-0.3, -0.25) is 0 Å². The van der Waals surface area contributed by atoms with Crippen LogP contribution in [0.3, 0.4) is 0 Å². The summed E-state index contributed by atoms with van der Waals surface area (Å²) in [6, 6.07) is 1.98. The van der Waals surface area contributed by atoms with Gasteiger partial charge in [-0.25, -0.2) is 9.97 Å². The molecule has 0 amide bonds. The topological polar surface area (TPSA) is 41.6 Å². The van der Waals surface area contributed by atoms with E-state index in [1.165, 1.54) is 0 Å². The third-order valence-electron chi connectivity index (χ3n) is 1.48. The SMILES string of the molecule is Cc1nc(I)c2cc[nH]c2n1. The molecule has 4 heteroatoms.